The third-order valence-corrected chi connectivity index (χ3v) is 6.66. The molecule has 0 spiro atoms. The van der Waals surface area contributed by atoms with Gasteiger partial charge in [-0.15, -0.1) is 11.3 Å². The zero-order valence-corrected chi connectivity index (χ0v) is 18.0. The molecular weight excluding hydrogens is 521 g/mol. The molecule has 0 radical (unpaired) electrons. The van der Waals surface area contributed by atoms with Crippen LogP contribution >= 0.6 is 49.9 Å². The minimum absolute atomic E-state index is 0.285. The van der Waals surface area contributed by atoms with Crippen molar-refractivity contribution in [1.82, 2.24) is 20.2 Å². The number of imide groups is 1. The Bertz CT molecular complexity index is 841. The summed E-state index contributed by atoms with van der Waals surface area (Å²) in [7, 11) is 0. The summed E-state index contributed by atoms with van der Waals surface area (Å²) in [5.74, 6) is 0.193. The Morgan fingerprint density at radius 2 is 2.20 bits per heavy atom. The van der Waals surface area contributed by atoms with E-state index in [1.165, 1.54) is 4.90 Å². The zero-order chi connectivity index (χ0) is 18.2. The molecule has 0 aliphatic carbocycles. The van der Waals surface area contributed by atoms with Crippen LogP contribution in [-0.2, 0) is 4.79 Å². The highest BCUT2D eigenvalue weighted by Gasteiger charge is 2.44. The van der Waals surface area contributed by atoms with E-state index in [-0.39, 0.29) is 11.9 Å². The van der Waals surface area contributed by atoms with Gasteiger partial charge in [0.1, 0.15) is 11.2 Å². The van der Waals surface area contributed by atoms with Gasteiger partial charge in [-0.05, 0) is 63.8 Å². The number of nitrogens with one attached hydrogen (secondary N) is 2. The van der Waals surface area contributed by atoms with Crippen LogP contribution in [0, 0.1) is 3.57 Å². The summed E-state index contributed by atoms with van der Waals surface area (Å²) < 4.78 is 1.95. The Morgan fingerprint density at radius 1 is 1.44 bits per heavy atom. The smallest absolute Gasteiger partial charge is 0.325 e. The van der Waals surface area contributed by atoms with Crippen LogP contribution in [0.4, 0.5) is 10.7 Å². The number of rotatable bonds is 5. The van der Waals surface area contributed by atoms with Crippen LogP contribution in [0.3, 0.4) is 0 Å². The standard InChI is InChI=1S/C15H15BrIN5O2S/c1-15(2)12(23)21-14(24)22(15)5-4-18-13-19-7-8(16)10(20-13)11-9(17)3-6-25-11/h3,6-7H,4-5H2,1-2H3,(H,18,19,20)(H,21,23,24). The molecule has 132 valence electrons. The first-order valence-corrected chi connectivity index (χ1v) is 10.2. The average Bonchev–Trinajstić information content (AvgIpc) is 3.05. The van der Waals surface area contributed by atoms with E-state index in [1.807, 2.05) is 11.4 Å². The highest BCUT2D eigenvalue weighted by Crippen LogP contribution is 2.34. The lowest BCUT2D eigenvalue weighted by Crippen LogP contribution is -2.46. The molecule has 25 heavy (non-hydrogen) atoms. The molecule has 2 N–H and O–H groups in total. The van der Waals surface area contributed by atoms with E-state index in [1.54, 1.807) is 31.4 Å². The van der Waals surface area contributed by atoms with Crippen molar-refractivity contribution >= 4 is 67.7 Å². The summed E-state index contributed by atoms with van der Waals surface area (Å²) in [6.07, 6.45) is 1.70. The summed E-state index contributed by atoms with van der Waals surface area (Å²) in [5.41, 5.74) is -0.0243. The minimum atomic E-state index is -0.850. The Balaban J connectivity index is 1.70. The molecule has 0 unspecified atom stereocenters. The first-order chi connectivity index (χ1) is 11.8. The lowest BCUT2D eigenvalue weighted by atomic mass is 10.0. The summed E-state index contributed by atoms with van der Waals surface area (Å²) >= 11 is 7.38. The van der Waals surface area contributed by atoms with Gasteiger partial charge in [0, 0.05) is 22.9 Å². The molecule has 0 atom stereocenters. The lowest BCUT2D eigenvalue weighted by Gasteiger charge is -2.27. The number of anilines is 1. The maximum Gasteiger partial charge on any atom is 0.325 e. The van der Waals surface area contributed by atoms with Gasteiger partial charge >= 0.3 is 6.03 Å². The summed E-state index contributed by atoms with van der Waals surface area (Å²) in [4.78, 5) is 35.0. The number of carbonyl (C=O) groups is 2. The Hall–Kier alpha value is -1.27. The number of aromatic nitrogens is 2. The predicted octanol–water partition coefficient (Wildman–Crippen LogP) is 3.31. The van der Waals surface area contributed by atoms with E-state index in [9.17, 15) is 9.59 Å². The van der Waals surface area contributed by atoms with Crippen molar-refractivity contribution in [2.45, 2.75) is 19.4 Å². The number of thiophene rings is 1. The van der Waals surface area contributed by atoms with Crippen molar-refractivity contribution in [1.29, 1.82) is 0 Å². The number of amides is 3. The number of halogens is 2. The van der Waals surface area contributed by atoms with Gasteiger partial charge < -0.3 is 10.2 Å². The number of carbonyl (C=O) groups excluding carboxylic acids is 2. The Labute approximate surface area is 170 Å². The number of hydrogen-bond donors (Lipinski definition) is 2. The predicted molar refractivity (Wildman–Crippen MR) is 109 cm³/mol. The second kappa shape index (κ2) is 7.16. The molecule has 0 saturated carbocycles. The van der Waals surface area contributed by atoms with Gasteiger partial charge in [0.05, 0.1) is 9.35 Å². The van der Waals surface area contributed by atoms with Gasteiger partial charge in [0.25, 0.3) is 5.91 Å². The molecule has 3 heterocycles. The third kappa shape index (κ3) is 3.65. The van der Waals surface area contributed by atoms with Crippen LogP contribution in [0.1, 0.15) is 13.8 Å². The quantitative estimate of drug-likeness (QED) is 0.453. The molecular formula is C15H15BrIN5O2S. The number of nitrogens with zero attached hydrogens (tertiary/aromatic N) is 3. The molecule has 7 nitrogen and oxygen atoms in total. The van der Waals surface area contributed by atoms with Crippen LogP contribution in [0.25, 0.3) is 10.6 Å². The summed E-state index contributed by atoms with van der Waals surface area (Å²) in [6.45, 7) is 4.25. The SMILES string of the molecule is CC1(C)C(=O)NC(=O)N1CCNc1ncc(Br)c(-c2sccc2I)n1. The van der Waals surface area contributed by atoms with Crippen molar-refractivity contribution in [2.24, 2.45) is 0 Å². The van der Waals surface area contributed by atoms with Gasteiger partial charge in [-0.2, -0.15) is 0 Å². The topological polar surface area (TPSA) is 87.2 Å². The number of urea groups is 1. The molecule has 10 heteroatoms. The van der Waals surface area contributed by atoms with Crippen LogP contribution in [0.15, 0.2) is 22.1 Å². The van der Waals surface area contributed by atoms with Gasteiger partial charge in [-0.1, -0.05) is 0 Å². The Morgan fingerprint density at radius 3 is 2.80 bits per heavy atom. The van der Waals surface area contributed by atoms with Gasteiger partial charge in [-0.3, -0.25) is 10.1 Å². The van der Waals surface area contributed by atoms with Gasteiger partial charge in [0.2, 0.25) is 5.95 Å². The second-order valence-electron chi connectivity index (χ2n) is 5.88. The fourth-order valence-electron chi connectivity index (χ4n) is 2.43. The van der Waals surface area contributed by atoms with Crippen LogP contribution in [-0.4, -0.2) is 45.4 Å². The average molecular weight is 536 g/mol. The fraction of sp³-hybridized carbons (Fsp3) is 0.333. The highest BCUT2D eigenvalue weighted by atomic mass is 127. The normalized spacial score (nSPS) is 16.2. The number of hydrogen-bond acceptors (Lipinski definition) is 6. The minimum Gasteiger partial charge on any atom is -0.352 e. The van der Waals surface area contributed by atoms with Crippen molar-refractivity contribution in [3.8, 4) is 10.6 Å². The molecule has 3 amide bonds. The van der Waals surface area contributed by atoms with Gasteiger partial charge in [0.15, 0.2) is 0 Å². The molecule has 1 saturated heterocycles. The molecule has 1 fully saturated rings. The van der Waals surface area contributed by atoms with Crippen LogP contribution < -0.4 is 10.6 Å². The van der Waals surface area contributed by atoms with Gasteiger partial charge in [-0.25, -0.2) is 14.8 Å². The van der Waals surface area contributed by atoms with Crippen LogP contribution in [0.2, 0.25) is 0 Å². The lowest BCUT2D eigenvalue weighted by molar-refractivity contribution is -0.125. The van der Waals surface area contributed by atoms with E-state index in [0.717, 1.165) is 18.6 Å². The van der Waals surface area contributed by atoms with E-state index in [2.05, 4.69) is 59.1 Å². The monoisotopic (exact) mass is 535 g/mol. The molecule has 1 aliphatic rings. The highest BCUT2D eigenvalue weighted by molar-refractivity contribution is 14.1. The third-order valence-electron chi connectivity index (χ3n) is 3.89. The molecule has 0 aromatic carbocycles. The van der Waals surface area contributed by atoms with E-state index in [0.29, 0.717) is 19.0 Å². The van der Waals surface area contributed by atoms with Crippen molar-refractivity contribution in [3.63, 3.8) is 0 Å². The first-order valence-electron chi connectivity index (χ1n) is 7.43. The van der Waals surface area contributed by atoms with Crippen molar-refractivity contribution < 1.29 is 9.59 Å². The van der Waals surface area contributed by atoms with E-state index >= 15 is 0 Å². The van der Waals surface area contributed by atoms with Crippen LogP contribution in [0.5, 0.6) is 0 Å². The van der Waals surface area contributed by atoms with E-state index in [4.69, 9.17) is 0 Å². The maximum absolute atomic E-state index is 11.9. The molecule has 2 aromatic heterocycles. The molecule has 0 bridgehead atoms. The van der Waals surface area contributed by atoms with Crippen molar-refractivity contribution in [3.05, 3.63) is 25.7 Å². The van der Waals surface area contributed by atoms with Crippen molar-refractivity contribution in [2.75, 3.05) is 18.4 Å². The second-order valence-corrected chi connectivity index (χ2v) is 8.82. The Kier molecular flexibility index (Phi) is 5.30. The fourth-order valence-corrected chi connectivity index (χ4v) is 4.80. The molecule has 3 rings (SSSR count). The summed E-state index contributed by atoms with van der Waals surface area (Å²) in [6, 6.07) is 1.66. The van der Waals surface area contributed by atoms with E-state index < -0.39 is 5.54 Å². The molecule has 1 aliphatic heterocycles. The molecule has 2 aromatic rings. The zero-order valence-electron chi connectivity index (χ0n) is 13.5. The largest absolute Gasteiger partial charge is 0.352 e. The first kappa shape index (κ1) is 18.5. The maximum atomic E-state index is 11.9. The summed E-state index contributed by atoms with van der Waals surface area (Å²) in [5, 5.41) is 7.47.